The summed E-state index contributed by atoms with van der Waals surface area (Å²) in [6.07, 6.45) is -6.76. The molecule has 4 aromatic rings. The molecule has 4 aromatic heterocycles. The third-order valence-electron chi connectivity index (χ3n) is 8.03. The lowest BCUT2D eigenvalue weighted by Gasteiger charge is -2.33. The number of rotatable bonds is 11. The second-order valence-electron chi connectivity index (χ2n) is 11.2. The number of ketones is 1. The summed E-state index contributed by atoms with van der Waals surface area (Å²) >= 11 is 8.46. The minimum atomic E-state index is -4.34. The number of thiol groups is 2. The molecule has 0 spiro atoms. The number of nitrogens with one attached hydrogen (secondary N) is 1. The Kier molecular flexibility index (Phi) is 9.70. The van der Waals surface area contributed by atoms with E-state index in [-0.39, 0.29) is 35.2 Å². The van der Waals surface area contributed by atoms with E-state index in [9.17, 15) is 34.1 Å². The lowest BCUT2D eigenvalue weighted by Crippen LogP contribution is -2.47. The van der Waals surface area contributed by atoms with Crippen LogP contribution in [0.2, 0.25) is 0 Å². The number of ether oxygens (including phenoxy) is 4. The largest absolute Gasteiger partial charge is 0.388 e. The van der Waals surface area contributed by atoms with Gasteiger partial charge in [-0.2, -0.15) is 4.98 Å². The van der Waals surface area contributed by atoms with E-state index in [1.165, 1.54) is 17.8 Å². The van der Waals surface area contributed by atoms with Crippen LogP contribution in [0.25, 0.3) is 21.5 Å². The minimum Gasteiger partial charge on any atom is -0.388 e. The lowest BCUT2D eigenvalue weighted by atomic mass is 10.0. The Balaban J connectivity index is 1.19. The van der Waals surface area contributed by atoms with Crippen LogP contribution in [0, 0.1) is 5.92 Å². The van der Waals surface area contributed by atoms with E-state index in [0.29, 0.717) is 4.70 Å². The number of imidazole rings is 1. The Hall–Kier alpha value is -3.00. The third-order valence-corrected chi connectivity index (χ3v) is 10.3. The Morgan fingerprint density at radius 1 is 1.18 bits per heavy atom. The fourth-order valence-electron chi connectivity index (χ4n) is 5.37. The highest BCUT2D eigenvalue weighted by molar-refractivity contribution is 8.44. The number of aromatic amines is 1. The number of H-pyrrole nitrogens is 1. The normalized spacial score (nSPS) is 29.0. The number of nitrogens with two attached hydrogens (primary N) is 2. The van der Waals surface area contributed by atoms with Crippen molar-refractivity contribution in [1.82, 2.24) is 34.1 Å². The number of fused-ring (bicyclic) bond motifs is 2. The number of carbonyl (C=O) groups excluding carboxylic acids is 1. The average molecular weight is 764 g/mol. The van der Waals surface area contributed by atoms with Gasteiger partial charge < -0.3 is 45.5 Å². The van der Waals surface area contributed by atoms with Crippen molar-refractivity contribution in [1.29, 1.82) is 0 Å². The predicted molar refractivity (Wildman–Crippen MR) is 176 cm³/mol. The quantitative estimate of drug-likeness (QED) is 0.0512. The summed E-state index contributed by atoms with van der Waals surface area (Å²) < 4.78 is 42.5. The van der Waals surface area contributed by atoms with Gasteiger partial charge in [0.15, 0.2) is 41.2 Å². The lowest BCUT2D eigenvalue weighted by molar-refractivity contribution is -0.236. The van der Waals surface area contributed by atoms with Gasteiger partial charge in [-0.05, 0) is 6.92 Å². The minimum absolute atomic E-state index is 0.101. The molecule has 49 heavy (non-hydrogen) atoms. The van der Waals surface area contributed by atoms with Crippen LogP contribution in [-0.2, 0) is 32.8 Å². The molecule has 266 valence electrons. The van der Waals surface area contributed by atoms with Gasteiger partial charge in [0.25, 0.3) is 5.56 Å². The molecule has 2 saturated heterocycles. The van der Waals surface area contributed by atoms with Gasteiger partial charge in [0.1, 0.15) is 35.2 Å². The highest BCUT2D eigenvalue weighted by atomic mass is 32.7. The number of nitrogens with zero attached hydrogens (tertiary/aromatic N) is 6. The van der Waals surface area contributed by atoms with E-state index in [4.69, 9.17) is 34.9 Å². The molecule has 2 aliphatic heterocycles. The smallest absolute Gasteiger partial charge is 0.383 e. The number of nitrogen functional groups attached to an aromatic ring is 2. The van der Waals surface area contributed by atoms with Crippen molar-refractivity contribution in [2.75, 3.05) is 24.7 Å². The molecule has 25 heteroatoms. The van der Waals surface area contributed by atoms with Crippen LogP contribution in [0.4, 0.5) is 11.8 Å². The molecule has 6 heterocycles. The summed E-state index contributed by atoms with van der Waals surface area (Å²) in [5, 5.41) is 19.8. The summed E-state index contributed by atoms with van der Waals surface area (Å²) in [5.41, 5.74) is 10.8. The Morgan fingerprint density at radius 3 is 2.63 bits per heavy atom. The molecule has 0 aliphatic carbocycles. The van der Waals surface area contributed by atoms with Crippen LogP contribution in [0.15, 0.2) is 22.2 Å². The molecule has 0 radical (unpaired) electrons. The first-order chi connectivity index (χ1) is 23.0. The van der Waals surface area contributed by atoms with Crippen molar-refractivity contribution in [3.63, 3.8) is 0 Å². The van der Waals surface area contributed by atoms with Gasteiger partial charge in [0.2, 0.25) is 11.1 Å². The number of aromatic nitrogens is 7. The first-order valence-electron chi connectivity index (χ1n) is 14.3. The molecule has 6 rings (SSSR count). The second-order valence-corrected chi connectivity index (χ2v) is 15.6. The summed E-state index contributed by atoms with van der Waals surface area (Å²) in [5.74, 6) is -1.59. The van der Waals surface area contributed by atoms with Crippen LogP contribution in [-0.4, -0.2) is 104 Å². The van der Waals surface area contributed by atoms with Gasteiger partial charge >= 0.3 is 11.7 Å². The number of carbonyl (C=O) groups is 1. The van der Waals surface area contributed by atoms with E-state index in [1.807, 2.05) is 0 Å². The number of anilines is 2. The summed E-state index contributed by atoms with van der Waals surface area (Å²) in [6, 6.07) is 0. The SMILES string of the molecule is CC1C(O)[C@H](n2c(=O)sc3c(N)ncnc32)O[C@@H]1COC(C)C(O)(S)O[C@H]1C(=O)[C@@H](CO[P@](=O)(O)S)O[C@H]1n1cnc2c(=O)[nH]c(N)nc21. The van der Waals surface area contributed by atoms with Gasteiger partial charge in [-0.25, -0.2) is 19.5 Å². The monoisotopic (exact) mass is 763 g/mol. The summed E-state index contributed by atoms with van der Waals surface area (Å²) in [4.78, 5) is 66.0. The molecule has 2 fully saturated rings. The van der Waals surface area contributed by atoms with Crippen molar-refractivity contribution in [3.05, 3.63) is 32.7 Å². The second kappa shape index (κ2) is 13.3. The molecule has 4 unspecified atom stereocenters. The zero-order valence-corrected chi connectivity index (χ0v) is 28.8. The standard InChI is InChI=1S/C24H30N9O12PS3/c1-7-9(43-20(12(7)34)33-18-15(49-23(33)37)16(25)27-5-28-18)3-41-8(2)24(38,47)45-14-13(35)10(4-42-46(39,40)48)44-21(14)32-6-29-11-17(32)30-22(26)31-19(11)36/h5-10,12,14,20-21,34,38,47H,3-4H2,1-2H3,(H2,25,27,28)(H2,39,40,48)(H3,26,30,31,36)/t7?,8?,9-,10-,12?,14+,20-,21-,24?/m1/s1. The fraction of sp³-hybridized carbons (Fsp3) is 0.542. The highest BCUT2D eigenvalue weighted by Gasteiger charge is 2.51. The number of hydrogen-bond acceptors (Lipinski definition) is 19. The zero-order valence-electron chi connectivity index (χ0n) is 25.3. The number of aliphatic hydroxyl groups excluding tert-OH is 1. The molecule has 10 atom stereocenters. The highest BCUT2D eigenvalue weighted by Crippen LogP contribution is 2.47. The topological polar surface area (TPSA) is 304 Å². The van der Waals surface area contributed by atoms with Crippen LogP contribution in [0.3, 0.4) is 0 Å². The summed E-state index contributed by atoms with van der Waals surface area (Å²) in [6.45, 7) is -2.25. The molecular formula is C24H30N9O12PS3. The van der Waals surface area contributed by atoms with Crippen LogP contribution < -0.4 is 21.9 Å². The first kappa shape index (κ1) is 35.8. The van der Waals surface area contributed by atoms with Gasteiger partial charge in [0, 0.05) is 5.92 Å². The van der Waals surface area contributed by atoms with E-state index >= 15 is 0 Å². The van der Waals surface area contributed by atoms with Crippen LogP contribution in [0.1, 0.15) is 26.3 Å². The van der Waals surface area contributed by atoms with Crippen molar-refractivity contribution >= 4 is 82.1 Å². The molecule has 8 N–H and O–H groups in total. The van der Waals surface area contributed by atoms with Crippen LogP contribution in [0.5, 0.6) is 0 Å². The van der Waals surface area contributed by atoms with E-state index in [0.717, 1.165) is 22.2 Å². The molecule has 21 nitrogen and oxygen atoms in total. The van der Waals surface area contributed by atoms with Gasteiger partial charge in [0.05, 0.1) is 25.6 Å². The maximum atomic E-state index is 13.5. The van der Waals surface area contributed by atoms with E-state index in [1.54, 1.807) is 6.92 Å². The molecule has 0 amide bonds. The van der Waals surface area contributed by atoms with E-state index in [2.05, 4.69) is 49.8 Å². The molecule has 0 saturated carbocycles. The van der Waals surface area contributed by atoms with E-state index < -0.39 is 83.6 Å². The zero-order chi connectivity index (χ0) is 35.6. The average Bonchev–Trinajstić information content (AvgIpc) is 3.74. The third kappa shape index (κ3) is 6.88. The summed E-state index contributed by atoms with van der Waals surface area (Å²) in [7, 11) is 0. The molecule has 0 aromatic carbocycles. The number of hydrogen-bond donors (Lipinski definition) is 8. The van der Waals surface area contributed by atoms with Crippen LogP contribution >= 0.6 is 43.0 Å². The Labute approximate surface area is 288 Å². The van der Waals surface area contributed by atoms with Gasteiger partial charge in [-0.1, -0.05) is 30.5 Å². The predicted octanol–water partition coefficient (Wildman–Crippen LogP) is -1.08. The number of Topliss-reactive ketones (excluding diaryl/α,β-unsaturated/α-hetero) is 1. The molecular weight excluding hydrogens is 733 g/mol. The molecule has 2 aliphatic rings. The number of thiazole rings is 1. The Morgan fingerprint density at radius 2 is 1.92 bits per heavy atom. The number of aliphatic hydroxyl groups is 2. The van der Waals surface area contributed by atoms with Crippen molar-refractivity contribution < 1.29 is 47.9 Å². The van der Waals surface area contributed by atoms with Gasteiger partial charge in [-0.15, -0.1) is 12.6 Å². The maximum absolute atomic E-state index is 13.5. The molecule has 0 bridgehead atoms. The van der Waals surface area contributed by atoms with Crippen molar-refractivity contribution in [2.24, 2.45) is 5.92 Å². The first-order valence-corrected chi connectivity index (χ1v) is 18.3. The van der Waals surface area contributed by atoms with Gasteiger partial charge in [-0.3, -0.25) is 33.0 Å². The fourth-order valence-corrected chi connectivity index (χ4v) is 6.95. The maximum Gasteiger partial charge on any atom is 0.383 e. The van der Waals surface area contributed by atoms with Crippen molar-refractivity contribution in [3.8, 4) is 0 Å². The Bertz CT molecular complexity index is 2070. The van der Waals surface area contributed by atoms with Crippen molar-refractivity contribution in [2.45, 2.75) is 61.9 Å².